The number of para-hydroxylation sites is 3. The van der Waals surface area contributed by atoms with E-state index in [1.165, 1.54) is 86.9 Å². The van der Waals surface area contributed by atoms with Crippen LogP contribution in [0.15, 0.2) is 127 Å². The van der Waals surface area contributed by atoms with Gasteiger partial charge in [0.1, 0.15) is 5.69 Å². The van der Waals surface area contributed by atoms with Crippen LogP contribution in [0.2, 0.25) is 0 Å². The molecule has 2 aliphatic carbocycles. The van der Waals surface area contributed by atoms with Gasteiger partial charge in [0.15, 0.2) is 5.82 Å². The van der Waals surface area contributed by atoms with Gasteiger partial charge in [-0.3, -0.25) is 4.57 Å². The molecule has 2 aliphatic rings. The minimum Gasteiger partial charge on any atom is -0.291 e. The molecule has 0 atom stereocenters. The Bertz CT molecular complexity index is 2460. The van der Waals surface area contributed by atoms with Gasteiger partial charge >= 0.3 is 0 Å². The van der Waals surface area contributed by atoms with Crippen LogP contribution in [0.3, 0.4) is 0 Å². The Labute approximate surface area is 261 Å². The van der Waals surface area contributed by atoms with Crippen molar-refractivity contribution in [3.05, 3.63) is 139 Å². The topological polar surface area (TPSA) is 30.7 Å². The molecule has 0 aliphatic heterocycles. The molecule has 10 rings (SSSR count). The van der Waals surface area contributed by atoms with Crippen LogP contribution < -0.4 is 0 Å². The predicted octanol–water partition coefficient (Wildman–Crippen LogP) is 10.8. The van der Waals surface area contributed by atoms with E-state index >= 15 is 0 Å². The van der Waals surface area contributed by atoms with E-state index in [9.17, 15) is 0 Å². The fourth-order valence-electron chi connectivity index (χ4n) is 8.76. The van der Waals surface area contributed by atoms with Crippen molar-refractivity contribution in [2.75, 3.05) is 0 Å². The second-order valence-electron chi connectivity index (χ2n) is 12.8. The average molecular weight is 578 g/mol. The lowest BCUT2D eigenvalue weighted by Crippen LogP contribution is -2.28. The molecule has 3 nitrogen and oxygen atoms in total. The summed E-state index contributed by atoms with van der Waals surface area (Å²) in [6.45, 7) is 0. The Hall–Kier alpha value is -5.28. The van der Waals surface area contributed by atoms with Crippen molar-refractivity contribution in [2.24, 2.45) is 0 Å². The van der Waals surface area contributed by atoms with Crippen molar-refractivity contribution in [1.29, 1.82) is 0 Å². The Morgan fingerprint density at radius 2 is 1.20 bits per heavy atom. The average Bonchev–Trinajstić information content (AvgIpc) is 3.59. The van der Waals surface area contributed by atoms with E-state index in [0.717, 1.165) is 28.1 Å². The summed E-state index contributed by atoms with van der Waals surface area (Å²) in [5.41, 5.74) is 12.1. The van der Waals surface area contributed by atoms with Gasteiger partial charge in [-0.1, -0.05) is 128 Å². The highest BCUT2D eigenvalue weighted by molar-refractivity contribution is 6.25. The number of rotatable bonds is 2. The highest BCUT2D eigenvalue weighted by Crippen LogP contribution is 2.61. The summed E-state index contributed by atoms with van der Waals surface area (Å²) in [6, 6.07) is 46.1. The fraction of sp³-hybridized carbons (Fsp3) is 0.143. The van der Waals surface area contributed by atoms with Crippen LogP contribution in [-0.2, 0) is 5.41 Å². The molecule has 214 valence electrons. The van der Waals surface area contributed by atoms with Crippen molar-refractivity contribution in [2.45, 2.75) is 37.5 Å². The number of nitrogens with zero attached hydrogens (tertiary/aromatic N) is 3. The zero-order chi connectivity index (χ0) is 29.5. The lowest BCUT2D eigenvalue weighted by Gasteiger charge is -2.36. The fourth-order valence-corrected chi connectivity index (χ4v) is 8.76. The summed E-state index contributed by atoms with van der Waals surface area (Å²) in [6.07, 6.45) is 6.21. The van der Waals surface area contributed by atoms with E-state index in [1.807, 2.05) is 6.07 Å². The maximum Gasteiger partial charge on any atom is 0.165 e. The molecule has 0 radical (unpaired) electrons. The van der Waals surface area contributed by atoms with E-state index in [2.05, 4.69) is 126 Å². The first kappa shape index (κ1) is 25.1. The zero-order valence-corrected chi connectivity index (χ0v) is 25.0. The quantitative estimate of drug-likeness (QED) is 0.205. The molecule has 6 aromatic carbocycles. The smallest absolute Gasteiger partial charge is 0.165 e. The summed E-state index contributed by atoms with van der Waals surface area (Å²) in [4.78, 5) is 10.7. The van der Waals surface area contributed by atoms with Gasteiger partial charge in [-0.05, 0) is 58.7 Å². The molecule has 45 heavy (non-hydrogen) atoms. The zero-order valence-electron chi connectivity index (χ0n) is 25.0. The molecule has 0 N–H and O–H groups in total. The molecule has 0 unspecified atom stereocenters. The van der Waals surface area contributed by atoms with Gasteiger partial charge < -0.3 is 0 Å². The lowest BCUT2D eigenvalue weighted by atomic mass is 9.66. The molecule has 2 aromatic heterocycles. The Balaban J connectivity index is 1.45. The Morgan fingerprint density at radius 1 is 0.556 bits per heavy atom. The summed E-state index contributed by atoms with van der Waals surface area (Å²) in [7, 11) is 0. The minimum atomic E-state index is 0.0126. The van der Waals surface area contributed by atoms with E-state index in [4.69, 9.17) is 9.97 Å². The highest BCUT2D eigenvalue weighted by Gasteiger charge is 2.46. The molecule has 0 saturated heterocycles. The molecule has 2 heterocycles. The summed E-state index contributed by atoms with van der Waals surface area (Å²) >= 11 is 0. The SMILES string of the molecule is c1ccc(-c2nc3ccccc3nc2-n2c3ccccc3c3c4c(c5ccccc5c32)-c2ccccc2C42CCCCC2)cc1. The molecule has 0 amide bonds. The molecule has 1 fully saturated rings. The molecule has 8 aromatic rings. The molecule has 1 spiro atoms. The monoisotopic (exact) mass is 577 g/mol. The summed E-state index contributed by atoms with van der Waals surface area (Å²) in [5, 5.41) is 5.26. The van der Waals surface area contributed by atoms with Crippen molar-refractivity contribution < 1.29 is 0 Å². The van der Waals surface area contributed by atoms with E-state index < -0.39 is 0 Å². The van der Waals surface area contributed by atoms with Gasteiger partial charge in [-0.25, -0.2) is 9.97 Å². The van der Waals surface area contributed by atoms with Crippen LogP contribution in [0.5, 0.6) is 0 Å². The molecule has 0 bridgehead atoms. The van der Waals surface area contributed by atoms with Crippen LogP contribution in [0, 0.1) is 0 Å². The standard InChI is InChI=1S/C42H31N3/c1-3-15-27(16-4-1)39-41(44-34-23-11-10-22-33(34)43-39)45-35-24-12-8-20-31(35)37-38-36(28-17-5-6-18-29(28)40(37)45)30-19-7-9-21-32(30)42(38)25-13-2-14-26-42/h1,3-12,15-24H,2,13-14,25-26H2. The summed E-state index contributed by atoms with van der Waals surface area (Å²) in [5.74, 6) is 0.879. The molecular formula is C42H31N3. The van der Waals surface area contributed by atoms with Crippen molar-refractivity contribution in [3.63, 3.8) is 0 Å². The first-order valence-corrected chi connectivity index (χ1v) is 16.2. The first-order valence-electron chi connectivity index (χ1n) is 16.2. The van der Waals surface area contributed by atoms with Gasteiger partial charge in [-0.15, -0.1) is 0 Å². The van der Waals surface area contributed by atoms with Gasteiger partial charge in [0.25, 0.3) is 0 Å². The van der Waals surface area contributed by atoms with E-state index in [0.29, 0.717) is 0 Å². The van der Waals surface area contributed by atoms with Crippen molar-refractivity contribution in [3.8, 4) is 28.2 Å². The molecule has 1 saturated carbocycles. The number of benzene rings is 6. The van der Waals surface area contributed by atoms with Crippen LogP contribution in [0.25, 0.3) is 71.8 Å². The largest absolute Gasteiger partial charge is 0.291 e. The van der Waals surface area contributed by atoms with Crippen molar-refractivity contribution in [1.82, 2.24) is 14.5 Å². The van der Waals surface area contributed by atoms with Gasteiger partial charge in [-0.2, -0.15) is 0 Å². The van der Waals surface area contributed by atoms with Crippen LogP contribution in [-0.4, -0.2) is 14.5 Å². The van der Waals surface area contributed by atoms with Crippen LogP contribution in [0.1, 0.15) is 43.2 Å². The predicted molar refractivity (Wildman–Crippen MR) is 186 cm³/mol. The summed E-state index contributed by atoms with van der Waals surface area (Å²) < 4.78 is 2.44. The second kappa shape index (κ2) is 9.36. The highest BCUT2D eigenvalue weighted by atomic mass is 15.1. The molecule has 3 heteroatoms. The number of aromatic nitrogens is 3. The number of hydrogen-bond acceptors (Lipinski definition) is 2. The van der Waals surface area contributed by atoms with Gasteiger partial charge in [0, 0.05) is 27.1 Å². The Morgan fingerprint density at radius 3 is 2.02 bits per heavy atom. The third-order valence-corrected chi connectivity index (χ3v) is 10.5. The maximum absolute atomic E-state index is 5.44. The van der Waals surface area contributed by atoms with Gasteiger partial charge in [0.05, 0.1) is 22.1 Å². The lowest BCUT2D eigenvalue weighted by molar-refractivity contribution is 0.355. The normalized spacial score (nSPS) is 15.3. The minimum absolute atomic E-state index is 0.0126. The Kier molecular flexibility index (Phi) is 5.22. The number of fused-ring (bicyclic) bond motifs is 13. The van der Waals surface area contributed by atoms with E-state index in [1.54, 1.807) is 0 Å². The number of hydrogen-bond donors (Lipinski definition) is 0. The molecular weight excluding hydrogens is 546 g/mol. The third kappa shape index (κ3) is 3.36. The third-order valence-electron chi connectivity index (χ3n) is 10.5. The first-order chi connectivity index (χ1) is 22.3. The second-order valence-corrected chi connectivity index (χ2v) is 12.8. The van der Waals surface area contributed by atoms with E-state index in [-0.39, 0.29) is 5.41 Å². The van der Waals surface area contributed by atoms with Gasteiger partial charge in [0.2, 0.25) is 0 Å². The van der Waals surface area contributed by atoms with Crippen molar-refractivity contribution >= 4 is 43.6 Å². The van der Waals surface area contributed by atoms with Crippen LogP contribution >= 0.6 is 0 Å². The maximum atomic E-state index is 5.44. The van der Waals surface area contributed by atoms with Crippen LogP contribution in [0.4, 0.5) is 0 Å².